The molecule has 0 aromatic rings. The minimum atomic E-state index is -0.457. The molecular formula is C15H28N2O3. The lowest BCUT2D eigenvalue weighted by atomic mass is 10.0. The van der Waals surface area contributed by atoms with Gasteiger partial charge in [-0.15, -0.1) is 0 Å². The van der Waals surface area contributed by atoms with Crippen LogP contribution in [0.4, 0.5) is 0 Å². The van der Waals surface area contributed by atoms with Gasteiger partial charge in [0.05, 0.1) is 12.1 Å². The molecule has 1 aliphatic heterocycles. The molecule has 1 amide bonds. The van der Waals surface area contributed by atoms with Gasteiger partial charge in [0.1, 0.15) is 6.61 Å². The Kier molecular flexibility index (Phi) is 6.26. The summed E-state index contributed by atoms with van der Waals surface area (Å²) in [6.07, 6.45) is 6.11. The van der Waals surface area contributed by atoms with Crippen molar-refractivity contribution in [3.8, 4) is 0 Å². The fraction of sp³-hybridized carbons (Fsp3) is 0.933. The fourth-order valence-electron chi connectivity index (χ4n) is 3.40. The van der Waals surface area contributed by atoms with Gasteiger partial charge in [0.25, 0.3) is 0 Å². The molecule has 116 valence electrons. The summed E-state index contributed by atoms with van der Waals surface area (Å²) in [6.45, 7) is 4.67. The lowest BCUT2D eigenvalue weighted by Crippen LogP contribution is -2.53. The summed E-state index contributed by atoms with van der Waals surface area (Å²) in [5.41, 5.74) is 0. The molecular weight excluding hydrogens is 256 g/mol. The lowest BCUT2D eigenvalue weighted by molar-refractivity contribution is -0.127. The van der Waals surface area contributed by atoms with Crippen molar-refractivity contribution in [2.24, 2.45) is 0 Å². The average molecular weight is 284 g/mol. The van der Waals surface area contributed by atoms with Gasteiger partial charge >= 0.3 is 0 Å². The van der Waals surface area contributed by atoms with E-state index >= 15 is 0 Å². The largest absolute Gasteiger partial charge is 0.389 e. The van der Waals surface area contributed by atoms with E-state index in [1.807, 2.05) is 6.92 Å². The van der Waals surface area contributed by atoms with Gasteiger partial charge < -0.3 is 15.2 Å². The number of nitrogens with zero attached hydrogens (tertiary/aromatic N) is 1. The minimum Gasteiger partial charge on any atom is -0.389 e. The number of nitrogens with one attached hydrogen (secondary N) is 1. The molecule has 1 aliphatic carbocycles. The van der Waals surface area contributed by atoms with Crippen LogP contribution in [0.15, 0.2) is 0 Å². The van der Waals surface area contributed by atoms with E-state index in [2.05, 4.69) is 10.2 Å². The Balaban J connectivity index is 1.91. The Morgan fingerprint density at radius 1 is 1.25 bits per heavy atom. The van der Waals surface area contributed by atoms with Crippen LogP contribution in [0, 0.1) is 0 Å². The number of hydrogen-bond acceptors (Lipinski definition) is 4. The van der Waals surface area contributed by atoms with Gasteiger partial charge in [-0.1, -0.05) is 12.8 Å². The summed E-state index contributed by atoms with van der Waals surface area (Å²) in [5.74, 6) is -0.113. The first-order valence-corrected chi connectivity index (χ1v) is 8.01. The van der Waals surface area contributed by atoms with Crippen LogP contribution in [0.25, 0.3) is 0 Å². The van der Waals surface area contributed by atoms with Crippen LogP contribution in [0.1, 0.15) is 45.4 Å². The van der Waals surface area contributed by atoms with Crippen LogP contribution in [-0.4, -0.2) is 60.4 Å². The predicted molar refractivity (Wildman–Crippen MR) is 77.5 cm³/mol. The third-order valence-corrected chi connectivity index (χ3v) is 4.46. The van der Waals surface area contributed by atoms with E-state index < -0.39 is 6.10 Å². The molecule has 0 spiro atoms. The summed E-state index contributed by atoms with van der Waals surface area (Å²) in [6, 6.07) is 0.0773. The number of likely N-dealkylation sites (tertiary alicyclic amines) is 1. The second-order valence-corrected chi connectivity index (χ2v) is 5.90. The fourth-order valence-corrected chi connectivity index (χ4v) is 3.40. The molecule has 5 heteroatoms. The Hall–Kier alpha value is -0.650. The zero-order chi connectivity index (χ0) is 14.4. The maximum absolute atomic E-state index is 11.8. The third kappa shape index (κ3) is 4.17. The average Bonchev–Trinajstić information content (AvgIpc) is 2.91. The molecule has 20 heavy (non-hydrogen) atoms. The molecule has 0 aromatic carbocycles. The lowest BCUT2D eigenvalue weighted by Gasteiger charge is -2.34. The second-order valence-electron chi connectivity index (χ2n) is 5.90. The maximum atomic E-state index is 11.8. The number of carbonyl (C=O) groups is 1. The van der Waals surface area contributed by atoms with Crippen LogP contribution in [0.2, 0.25) is 0 Å². The monoisotopic (exact) mass is 284 g/mol. The van der Waals surface area contributed by atoms with Crippen molar-refractivity contribution >= 4 is 5.91 Å². The Morgan fingerprint density at radius 2 is 1.95 bits per heavy atom. The number of rotatable bonds is 5. The summed E-state index contributed by atoms with van der Waals surface area (Å²) >= 11 is 0. The van der Waals surface area contributed by atoms with E-state index in [1.165, 1.54) is 12.8 Å². The van der Waals surface area contributed by atoms with E-state index in [0.717, 1.165) is 38.8 Å². The number of amides is 1. The van der Waals surface area contributed by atoms with E-state index in [0.29, 0.717) is 6.61 Å². The van der Waals surface area contributed by atoms with Crippen LogP contribution in [0.5, 0.6) is 0 Å². The van der Waals surface area contributed by atoms with Gasteiger partial charge in [-0.2, -0.15) is 0 Å². The van der Waals surface area contributed by atoms with Crippen molar-refractivity contribution in [2.45, 2.75) is 63.6 Å². The van der Waals surface area contributed by atoms with Gasteiger partial charge in [-0.25, -0.2) is 0 Å². The maximum Gasteiger partial charge on any atom is 0.246 e. The first-order valence-electron chi connectivity index (χ1n) is 8.01. The molecule has 3 atom stereocenters. The van der Waals surface area contributed by atoms with Crippen molar-refractivity contribution in [1.82, 2.24) is 10.2 Å². The summed E-state index contributed by atoms with van der Waals surface area (Å²) in [5, 5.41) is 13.6. The Bertz CT molecular complexity index is 305. The third-order valence-electron chi connectivity index (χ3n) is 4.46. The standard InChI is InChI=1S/C15H28N2O3/c1-2-20-11-14(18)16-12-7-3-4-8-13(15(12)19)17-9-5-6-10-17/h12-13,15,19H,2-11H2,1H3,(H,16,18)/t12-,13-,15-/m1/s1. The van der Waals surface area contributed by atoms with Crippen LogP contribution in [-0.2, 0) is 9.53 Å². The molecule has 0 bridgehead atoms. The molecule has 1 heterocycles. The predicted octanol–water partition coefficient (Wildman–Crippen LogP) is 0.907. The number of carbonyl (C=O) groups excluding carboxylic acids is 1. The van der Waals surface area contributed by atoms with Gasteiger partial charge in [-0.05, 0) is 45.7 Å². The van der Waals surface area contributed by atoms with Crippen LogP contribution in [0.3, 0.4) is 0 Å². The van der Waals surface area contributed by atoms with Gasteiger partial charge in [0.15, 0.2) is 0 Å². The molecule has 0 radical (unpaired) electrons. The summed E-state index contributed by atoms with van der Waals surface area (Å²) in [7, 11) is 0. The molecule has 5 nitrogen and oxygen atoms in total. The molecule has 2 rings (SSSR count). The first-order chi connectivity index (χ1) is 9.72. The normalized spacial score (nSPS) is 32.0. The molecule has 2 aliphatic rings. The van der Waals surface area contributed by atoms with E-state index in [1.54, 1.807) is 0 Å². The number of aliphatic hydroxyl groups excluding tert-OH is 1. The van der Waals surface area contributed by atoms with Crippen molar-refractivity contribution < 1.29 is 14.6 Å². The van der Waals surface area contributed by atoms with E-state index in [4.69, 9.17) is 4.74 Å². The Morgan fingerprint density at radius 3 is 2.65 bits per heavy atom. The zero-order valence-corrected chi connectivity index (χ0v) is 12.5. The van der Waals surface area contributed by atoms with Crippen LogP contribution >= 0.6 is 0 Å². The van der Waals surface area contributed by atoms with E-state index in [-0.39, 0.29) is 24.6 Å². The minimum absolute atomic E-state index is 0.0914. The molecule has 2 fully saturated rings. The molecule has 0 aromatic heterocycles. The second kappa shape index (κ2) is 7.96. The van der Waals surface area contributed by atoms with Gasteiger partial charge in [0, 0.05) is 12.6 Å². The number of aliphatic hydroxyl groups is 1. The molecule has 1 saturated carbocycles. The highest BCUT2D eigenvalue weighted by atomic mass is 16.5. The quantitative estimate of drug-likeness (QED) is 0.737. The SMILES string of the molecule is CCOCC(=O)N[C@@H]1CCCC[C@@H](N2CCCC2)[C@@H]1O. The summed E-state index contributed by atoms with van der Waals surface area (Å²) in [4.78, 5) is 14.2. The summed E-state index contributed by atoms with van der Waals surface area (Å²) < 4.78 is 5.13. The highest BCUT2D eigenvalue weighted by Crippen LogP contribution is 2.25. The zero-order valence-electron chi connectivity index (χ0n) is 12.5. The first kappa shape index (κ1) is 15.7. The van der Waals surface area contributed by atoms with Crippen molar-refractivity contribution in [3.05, 3.63) is 0 Å². The van der Waals surface area contributed by atoms with Gasteiger partial charge in [-0.3, -0.25) is 9.69 Å². The van der Waals surface area contributed by atoms with Crippen molar-refractivity contribution in [2.75, 3.05) is 26.3 Å². The number of ether oxygens (including phenoxy) is 1. The number of hydrogen-bond donors (Lipinski definition) is 2. The molecule has 0 unspecified atom stereocenters. The Labute approximate surface area is 121 Å². The molecule has 1 saturated heterocycles. The van der Waals surface area contributed by atoms with Gasteiger partial charge in [0.2, 0.25) is 5.91 Å². The van der Waals surface area contributed by atoms with E-state index in [9.17, 15) is 9.90 Å². The highest BCUT2D eigenvalue weighted by Gasteiger charge is 2.35. The van der Waals surface area contributed by atoms with Crippen molar-refractivity contribution in [1.29, 1.82) is 0 Å². The topological polar surface area (TPSA) is 61.8 Å². The van der Waals surface area contributed by atoms with Crippen molar-refractivity contribution in [3.63, 3.8) is 0 Å². The van der Waals surface area contributed by atoms with Crippen LogP contribution < -0.4 is 5.32 Å². The highest BCUT2D eigenvalue weighted by molar-refractivity contribution is 5.77. The smallest absolute Gasteiger partial charge is 0.246 e. The molecule has 2 N–H and O–H groups in total.